The molecule has 0 radical (unpaired) electrons. The zero-order valence-electron chi connectivity index (χ0n) is 35.9. The second-order valence-electron chi connectivity index (χ2n) is 19.1. The summed E-state index contributed by atoms with van der Waals surface area (Å²) in [6, 6.07) is 71.5. The normalized spacial score (nSPS) is 17.8. The van der Waals surface area contributed by atoms with Crippen LogP contribution >= 0.6 is 7.14 Å². The number of anilines is 3. The van der Waals surface area contributed by atoms with Gasteiger partial charge in [0, 0.05) is 32.1 Å². The highest BCUT2D eigenvalue weighted by Crippen LogP contribution is 2.53. The summed E-state index contributed by atoms with van der Waals surface area (Å²) >= 11 is 0. The molecule has 0 N–H and O–H groups in total. The van der Waals surface area contributed by atoms with Crippen molar-refractivity contribution in [3.63, 3.8) is 0 Å². The number of rotatable bonds is 3. The molecule has 2 nitrogen and oxygen atoms in total. The quantitative estimate of drug-likeness (QED) is 0.132. The summed E-state index contributed by atoms with van der Waals surface area (Å²) in [6.45, 7) is 9.20. The highest BCUT2D eigenvalue weighted by atomic mass is 31.2. The van der Waals surface area contributed by atoms with Crippen molar-refractivity contribution < 1.29 is 4.57 Å². The van der Waals surface area contributed by atoms with Crippen molar-refractivity contribution in [3.05, 3.63) is 216 Å². The lowest BCUT2D eigenvalue weighted by Gasteiger charge is -2.42. The highest BCUT2D eigenvalue weighted by Gasteiger charge is 2.51. The molecular formula is C58H44B2NOP. The van der Waals surface area contributed by atoms with Crippen LogP contribution < -0.4 is 53.6 Å². The van der Waals surface area contributed by atoms with Gasteiger partial charge in [0.05, 0.1) is 17.1 Å². The van der Waals surface area contributed by atoms with Gasteiger partial charge in [-0.1, -0.05) is 236 Å². The van der Waals surface area contributed by atoms with Crippen molar-refractivity contribution in [2.75, 3.05) is 4.90 Å². The van der Waals surface area contributed by atoms with E-state index >= 15 is 4.57 Å². The second kappa shape index (κ2) is 13.0. The van der Waals surface area contributed by atoms with Crippen molar-refractivity contribution in [1.82, 2.24) is 0 Å². The molecule has 5 heteroatoms. The van der Waals surface area contributed by atoms with Gasteiger partial charge in [-0.15, -0.1) is 0 Å². The molecule has 0 spiro atoms. The van der Waals surface area contributed by atoms with Crippen molar-refractivity contribution in [1.29, 1.82) is 0 Å². The Morgan fingerprint density at radius 3 is 1.60 bits per heavy atom. The van der Waals surface area contributed by atoms with Crippen LogP contribution in [-0.2, 0) is 15.4 Å². The molecule has 3 aliphatic heterocycles. The van der Waals surface area contributed by atoms with Gasteiger partial charge >= 0.3 is 0 Å². The number of nitrogens with zero attached hydrogens (tertiary/aromatic N) is 1. The SMILES string of the molecule is CC1(C)c2ccccc2-c2ccc(B3c4ccccc4P4(=O)c5ccccc5B(c5ccc(N6c7ccccc7C(C)(C)c7ccccc76)c6ccccc56)c5cccc3c54)cc21. The molecule has 0 aromatic heterocycles. The maximum absolute atomic E-state index is 16.7. The number of fused-ring (bicyclic) bond motifs is 10. The predicted octanol–water partition coefficient (Wildman–Crippen LogP) is 8.55. The fourth-order valence-corrected chi connectivity index (χ4v) is 16.0. The Kier molecular flexibility index (Phi) is 7.62. The van der Waals surface area contributed by atoms with E-state index in [-0.39, 0.29) is 24.3 Å². The first-order valence-corrected chi connectivity index (χ1v) is 24.1. The Balaban J connectivity index is 1.04. The first-order chi connectivity index (χ1) is 30.7. The van der Waals surface area contributed by atoms with Gasteiger partial charge in [-0.05, 0) is 57.0 Å². The molecule has 1 unspecified atom stereocenters. The number of benzene rings is 9. The van der Waals surface area contributed by atoms with Gasteiger partial charge in [0.25, 0.3) is 0 Å². The molecule has 9 aromatic rings. The summed E-state index contributed by atoms with van der Waals surface area (Å²) in [7, 11) is -3.31. The van der Waals surface area contributed by atoms with Gasteiger partial charge in [0.2, 0.25) is 13.4 Å². The van der Waals surface area contributed by atoms with E-state index < -0.39 is 7.14 Å². The minimum absolute atomic E-state index is 0.0726. The maximum Gasteiger partial charge on any atom is 0.243 e. The minimum Gasteiger partial charge on any atom is -0.309 e. The Bertz CT molecular complexity index is 3450. The van der Waals surface area contributed by atoms with Crippen LogP contribution in [0.25, 0.3) is 21.9 Å². The van der Waals surface area contributed by atoms with Gasteiger partial charge in [-0.2, -0.15) is 0 Å². The molecule has 9 aromatic carbocycles. The van der Waals surface area contributed by atoms with E-state index in [9.17, 15) is 0 Å². The Morgan fingerprint density at radius 1 is 0.397 bits per heavy atom. The van der Waals surface area contributed by atoms with Crippen molar-refractivity contribution in [2.45, 2.75) is 38.5 Å². The van der Waals surface area contributed by atoms with Crippen LogP contribution in [-0.4, -0.2) is 13.4 Å². The van der Waals surface area contributed by atoms with Crippen molar-refractivity contribution in [2.24, 2.45) is 0 Å². The van der Waals surface area contributed by atoms with Crippen LogP contribution in [0.2, 0.25) is 0 Å². The molecule has 1 atom stereocenters. The molecule has 3 heterocycles. The molecule has 0 saturated carbocycles. The monoisotopic (exact) mass is 823 g/mol. The van der Waals surface area contributed by atoms with Gasteiger partial charge < -0.3 is 9.46 Å². The van der Waals surface area contributed by atoms with Crippen LogP contribution in [0.15, 0.2) is 194 Å². The first kappa shape index (κ1) is 37.0. The van der Waals surface area contributed by atoms with E-state index in [4.69, 9.17) is 0 Å². The lowest BCUT2D eigenvalue weighted by Crippen LogP contribution is -2.74. The fourth-order valence-electron chi connectivity index (χ4n) is 12.4. The van der Waals surface area contributed by atoms with E-state index in [1.807, 2.05) is 0 Å². The highest BCUT2D eigenvalue weighted by molar-refractivity contribution is 7.88. The van der Waals surface area contributed by atoms with E-state index in [2.05, 4.69) is 227 Å². The van der Waals surface area contributed by atoms with E-state index in [0.717, 1.165) is 43.5 Å². The largest absolute Gasteiger partial charge is 0.309 e. The molecule has 0 fully saturated rings. The lowest BCUT2D eigenvalue weighted by atomic mass is 9.33. The summed E-state index contributed by atoms with van der Waals surface area (Å²) in [5, 5.41) is 5.35. The number of hydrogen-bond acceptors (Lipinski definition) is 2. The second-order valence-corrected chi connectivity index (χ2v) is 21.7. The van der Waals surface area contributed by atoms with E-state index in [1.54, 1.807) is 0 Å². The Labute approximate surface area is 370 Å². The Morgan fingerprint density at radius 2 is 0.905 bits per heavy atom. The molecule has 0 amide bonds. The zero-order chi connectivity index (χ0) is 42.4. The average molecular weight is 824 g/mol. The minimum atomic E-state index is -3.31. The van der Waals surface area contributed by atoms with Crippen LogP contribution in [0.4, 0.5) is 17.1 Å². The van der Waals surface area contributed by atoms with Crippen LogP contribution in [0.3, 0.4) is 0 Å². The van der Waals surface area contributed by atoms with Gasteiger partial charge in [-0.25, -0.2) is 0 Å². The smallest absolute Gasteiger partial charge is 0.243 e. The topological polar surface area (TPSA) is 20.3 Å². The van der Waals surface area contributed by atoms with Crippen molar-refractivity contribution in [3.8, 4) is 11.1 Å². The van der Waals surface area contributed by atoms with Crippen LogP contribution in [0.5, 0.6) is 0 Å². The standard InChI is InChI=1S/C58H44B2NOP/c1-57(2)42-21-8-7-18-38(42)39-33-32-37(36-45(39)57)59-47-24-11-15-30-54(47)63(62)55-31-16-12-25-48(55)60(50-27-17-26-49(59)56(50)63)46-34-35-51(41-20-6-5-19-40(41)46)61-52-28-13-9-22-43(52)58(3,4)44-23-10-14-29-53(44)61/h5-36H,1-4H3. The van der Waals surface area contributed by atoms with Gasteiger partial charge in [0.15, 0.2) is 7.14 Å². The third-order valence-electron chi connectivity index (χ3n) is 15.3. The van der Waals surface area contributed by atoms with Crippen molar-refractivity contribution >= 4 is 97.1 Å². The third-order valence-corrected chi connectivity index (χ3v) is 18.6. The first-order valence-electron chi connectivity index (χ1n) is 22.4. The molecule has 4 aliphatic rings. The summed E-state index contributed by atoms with van der Waals surface area (Å²) in [5.74, 6) is 0. The molecule has 1 aliphatic carbocycles. The maximum atomic E-state index is 16.7. The van der Waals surface area contributed by atoms with Gasteiger partial charge in [-0.3, -0.25) is 0 Å². The zero-order valence-corrected chi connectivity index (χ0v) is 36.8. The summed E-state index contributed by atoms with van der Waals surface area (Å²) in [4.78, 5) is 2.48. The molecule has 0 saturated heterocycles. The molecule has 0 bridgehead atoms. The third kappa shape index (κ3) is 4.80. The fraction of sp³-hybridized carbons (Fsp3) is 0.103. The van der Waals surface area contributed by atoms with Crippen LogP contribution in [0, 0.1) is 0 Å². The number of hydrogen-bond donors (Lipinski definition) is 0. The van der Waals surface area contributed by atoms with E-state index in [1.165, 1.54) is 66.5 Å². The Hall–Kier alpha value is -6.60. The molecule has 13 rings (SSSR count). The average Bonchev–Trinajstić information content (AvgIpc) is 3.55. The predicted molar refractivity (Wildman–Crippen MR) is 270 cm³/mol. The van der Waals surface area contributed by atoms with E-state index in [0.29, 0.717) is 0 Å². The molecule has 298 valence electrons. The summed E-state index contributed by atoms with van der Waals surface area (Å²) in [6.07, 6.45) is 0. The summed E-state index contributed by atoms with van der Waals surface area (Å²) in [5.41, 5.74) is 18.4. The van der Waals surface area contributed by atoms with Crippen LogP contribution in [0.1, 0.15) is 49.9 Å². The molecule has 63 heavy (non-hydrogen) atoms. The number of para-hydroxylation sites is 2. The van der Waals surface area contributed by atoms with Gasteiger partial charge in [0.1, 0.15) is 0 Å². The summed E-state index contributed by atoms with van der Waals surface area (Å²) < 4.78 is 16.7. The molecular weight excluding hydrogens is 779 g/mol. The lowest BCUT2D eigenvalue weighted by molar-refractivity contribution is 0.592.